The maximum atomic E-state index is 13.4. The van der Waals surface area contributed by atoms with Crippen molar-refractivity contribution in [2.24, 2.45) is 0 Å². The first-order valence-electron chi connectivity index (χ1n) is 9.11. The monoisotopic (exact) mass is 391 g/mol. The first kappa shape index (κ1) is 19.0. The van der Waals surface area contributed by atoms with Crippen LogP contribution in [0.15, 0.2) is 42.5 Å². The largest absolute Gasteiger partial charge is 0.490 e. The van der Waals surface area contributed by atoms with E-state index in [0.29, 0.717) is 35.1 Å². The van der Waals surface area contributed by atoms with Crippen LogP contribution in [0.4, 0.5) is 10.3 Å². The Labute approximate surface area is 166 Å². The van der Waals surface area contributed by atoms with Crippen molar-refractivity contribution >= 4 is 29.4 Å². The highest BCUT2D eigenvalue weighted by Gasteiger charge is 2.21. The number of anilines is 1. The molecule has 0 fully saturated rings. The van der Waals surface area contributed by atoms with Gasteiger partial charge in [0.15, 0.2) is 5.82 Å². The summed E-state index contributed by atoms with van der Waals surface area (Å²) in [5.74, 6) is 1.08. The molecular weight excluding hydrogens is 372 g/mol. The summed E-state index contributed by atoms with van der Waals surface area (Å²) in [4.78, 5) is 16.5. The fourth-order valence-electron chi connectivity index (χ4n) is 3.37. The van der Waals surface area contributed by atoms with Crippen molar-refractivity contribution in [1.82, 2.24) is 19.9 Å². The third-order valence-electron chi connectivity index (χ3n) is 4.64. The predicted octanol–water partition coefficient (Wildman–Crippen LogP) is 2.07. The van der Waals surface area contributed by atoms with Gasteiger partial charge >= 0.3 is 7.12 Å². The van der Waals surface area contributed by atoms with E-state index in [9.17, 15) is 14.4 Å². The summed E-state index contributed by atoms with van der Waals surface area (Å²) in [6.07, 6.45) is 0. The van der Waals surface area contributed by atoms with Crippen LogP contribution in [0, 0.1) is 19.7 Å². The van der Waals surface area contributed by atoms with E-state index in [1.807, 2.05) is 19.1 Å². The molecule has 0 saturated carbocycles. The number of para-hydroxylation sites is 1. The smallest absolute Gasteiger partial charge is 0.423 e. The third-order valence-corrected chi connectivity index (χ3v) is 4.64. The Morgan fingerprint density at radius 1 is 1.07 bits per heavy atom. The molecule has 9 heteroatoms. The van der Waals surface area contributed by atoms with Crippen molar-refractivity contribution in [3.63, 3.8) is 0 Å². The average molecular weight is 391 g/mol. The number of halogens is 1. The van der Waals surface area contributed by atoms with Crippen LogP contribution in [0.5, 0.6) is 0 Å². The Hall–Kier alpha value is -3.30. The lowest BCUT2D eigenvalue weighted by molar-refractivity contribution is 0.426. The van der Waals surface area contributed by atoms with Crippen molar-refractivity contribution in [3.8, 4) is 11.4 Å². The number of fused-ring (bicyclic) bond motifs is 1. The fourth-order valence-corrected chi connectivity index (χ4v) is 3.37. The minimum Gasteiger partial charge on any atom is -0.423 e. The van der Waals surface area contributed by atoms with Crippen LogP contribution < -0.4 is 10.8 Å². The molecule has 0 atom stereocenters. The summed E-state index contributed by atoms with van der Waals surface area (Å²) >= 11 is 0. The van der Waals surface area contributed by atoms with Gasteiger partial charge in [0, 0.05) is 34.2 Å². The van der Waals surface area contributed by atoms with Crippen molar-refractivity contribution in [2.45, 2.75) is 20.4 Å². The second kappa shape index (κ2) is 7.61. The highest BCUT2D eigenvalue weighted by molar-refractivity contribution is 6.61. The summed E-state index contributed by atoms with van der Waals surface area (Å²) in [6.45, 7) is 4.02. The molecule has 0 amide bonds. The zero-order valence-corrected chi connectivity index (χ0v) is 15.9. The van der Waals surface area contributed by atoms with Crippen LogP contribution in [0.1, 0.15) is 17.1 Å². The molecule has 0 spiro atoms. The van der Waals surface area contributed by atoms with Crippen molar-refractivity contribution in [3.05, 3.63) is 65.4 Å². The minimum absolute atomic E-state index is 0.298. The number of rotatable bonds is 5. The molecule has 29 heavy (non-hydrogen) atoms. The molecular formula is C20H19BFN5O2. The van der Waals surface area contributed by atoms with Gasteiger partial charge in [-0.2, -0.15) is 9.97 Å². The molecule has 2 aromatic heterocycles. The van der Waals surface area contributed by atoms with E-state index >= 15 is 0 Å². The van der Waals surface area contributed by atoms with Crippen molar-refractivity contribution in [2.75, 3.05) is 5.32 Å². The molecule has 4 N–H and O–H groups in total. The van der Waals surface area contributed by atoms with Crippen molar-refractivity contribution in [1.29, 1.82) is 0 Å². The molecule has 0 aliphatic heterocycles. The molecule has 0 saturated heterocycles. The second-order valence-corrected chi connectivity index (χ2v) is 6.78. The summed E-state index contributed by atoms with van der Waals surface area (Å²) < 4.78 is 13.4. The molecule has 0 aliphatic carbocycles. The Kier molecular flexibility index (Phi) is 5.00. The second-order valence-electron chi connectivity index (χ2n) is 6.78. The number of hydrogen-bond donors (Lipinski definition) is 4. The van der Waals surface area contributed by atoms with Crippen molar-refractivity contribution < 1.29 is 14.4 Å². The number of aromatic nitrogens is 4. The van der Waals surface area contributed by atoms with E-state index in [1.54, 1.807) is 25.1 Å². The molecule has 4 rings (SSSR count). The first-order valence-corrected chi connectivity index (χ1v) is 9.11. The SMILES string of the molecule is Cc1nc(NCc2cccc(F)c2)nc(-c2c(C)[nH]c3c(B(O)O)cccc23)n1. The number of nitrogens with one attached hydrogen (secondary N) is 2. The molecule has 0 bridgehead atoms. The van der Waals surface area contributed by atoms with E-state index in [-0.39, 0.29) is 5.82 Å². The topological polar surface area (TPSA) is 107 Å². The lowest BCUT2D eigenvalue weighted by Gasteiger charge is -2.08. The zero-order chi connectivity index (χ0) is 20.5. The minimum atomic E-state index is -1.59. The Balaban J connectivity index is 1.73. The summed E-state index contributed by atoms with van der Waals surface area (Å²) in [5.41, 5.74) is 3.35. The molecule has 0 aliphatic rings. The Morgan fingerprint density at radius 2 is 1.86 bits per heavy atom. The van der Waals surface area contributed by atoms with Gasteiger partial charge in [0.1, 0.15) is 11.6 Å². The van der Waals surface area contributed by atoms with Gasteiger partial charge in [0.2, 0.25) is 5.95 Å². The lowest BCUT2D eigenvalue weighted by atomic mass is 9.79. The van der Waals surface area contributed by atoms with E-state index in [4.69, 9.17) is 0 Å². The van der Waals surface area contributed by atoms with E-state index in [2.05, 4.69) is 25.3 Å². The lowest BCUT2D eigenvalue weighted by Crippen LogP contribution is -2.30. The molecule has 2 heterocycles. The molecule has 7 nitrogen and oxygen atoms in total. The highest BCUT2D eigenvalue weighted by Crippen LogP contribution is 2.29. The standard InChI is InChI=1S/C20H19BFN5O2/c1-11-17(15-7-4-8-16(21(28)29)18(15)24-11)19-25-12(2)26-20(27-19)23-10-13-5-3-6-14(22)9-13/h3-9,24,28-29H,10H2,1-2H3,(H,23,25,26,27). The van der Waals surface area contributed by atoms with Crippen LogP contribution in [0.3, 0.4) is 0 Å². The number of H-pyrrole nitrogens is 1. The normalized spacial score (nSPS) is 11.1. The number of aromatic amines is 1. The van der Waals surface area contributed by atoms with Gasteiger partial charge in [-0.3, -0.25) is 0 Å². The number of nitrogens with zero attached hydrogens (tertiary/aromatic N) is 3. The van der Waals surface area contributed by atoms with Gasteiger partial charge in [-0.25, -0.2) is 9.37 Å². The molecule has 0 radical (unpaired) electrons. The van der Waals surface area contributed by atoms with Crippen LogP contribution in [-0.2, 0) is 6.54 Å². The first-order chi connectivity index (χ1) is 13.9. The van der Waals surface area contributed by atoms with Gasteiger partial charge in [-0.1, -0.05) is 30.3 Å². The highest BCUT2D eigenvalue weighted by atomic mass is 19.1. The van der Waals surface area contributed by atoms with E-state index in [1.165, 1.54) is 12.1 Å². The summed E-state index contributed by atoms with van der Waals surface area (Å²) in [6, 6.07) is 11.6. The quantitative estimate of drug-likeness (QED) is 0.388. The molecule has 0 unspecified atom stereocenters. The maximum absolute atomic E-state index is 13.4. The van der Waals surface area contributed by atoms with Crippen LogP contribution in [0.2, 0.25) is 0 Å². The molecule has 146 valence electrons. The van der Waals surface area contributed by atoms with Gasteiger partial charge in [-0.05, 0) is 31.5 Å². The fraction of sp³-hybridized carbons (Fsp3) is 0.150. The van der Waals surface area contributed by atoms with Crippen LogP contribution in [-0.4, -0.2) is 37.1 Å². The molecule has 2 aromatic carbocycles. The van der Waals surface area contributed by atoms with E-state index in [0.717, 1.165) is 22.2 Å². The van der Waals surface area contributed by atoms with Gasteiger partial charge in [0.25, 0.3) is 0 Å². The number of benzene rings is 2. The van der Waals surface area contributed by atoms with Gasteiger partial charge in [0.05, 0.1) is 0 Å². The summed E-state index contributed by atoms with van der Waals surface area (Å²) in [5, 5.41) is 23.2. The number of hydrogen-bond acceptors (Lipinski definition) is 6. The predicted molar refractivity (Wildman–Crippen MR) is 110 cm³/mol. The van der Waals surface area contributed by atoms with Crippen LogP contribution >= 0.6 is 0 Å². The van der Waals surface area contributed by atoms with Crippen LogP contribution in [0.25, 0.3) is 22.3 Å². The van der Waals surface area contributed by atoms with Gasteiger partial charge in [-0.15, -0.1) is 0 Å². The maximum Gasteiger partial charge on any atom is 0.490 e. The average Bonchev–Trinajstić information content (AvgIpc) is 3.01. The van der Waals surface area contributed by atoms with Gasteiger partial charge < -0.3 is 20.3 Å². The van der Waals surface area contributed by atoms with E-state index < -0.39 is 7.12 Å². The number of aryl methyl sites for hydroxylation is 2. The summed E-state index contributed by atoms with van der Waals surface area (Å²) in [7, 11) is -1.59. The molecule has 4 aromatic rings. The Morgan fingerprint density at radius 3 is 2.62 bits per heavy atom. The zero-order valence-electron chi connectivity index (χ0n) is 15.9. The third kappa shape index (κ3) is 3.82. The Bertz CT molecular complexity index is 1190.